The van der Waals surface area contributed by atoms with Crippen molar-refractivity contribution in [2.75, 3.05) is 5.32 Å². The quantitative estimate of drug-likeness (QED) is 0.697. The molecule has 0 saturated heterocycles. The topological polar surface area (TPSA) is 46.9 Å². The average Bonchev–Trinajstić information content (AvgIpc) is 3.10. The summed E-state index contributed by atoms with van der Waals surface area (Å²) in [5.41, 5.74) is -1.22. The molecule has 0 aliphatic heterocycles. The molecule has 0 aliphatic rings. The lowest BCUT2D eigenvalue weighted by molar-refractivity contribution is -0.137. The maximum atomic E-state index is 13.3. The van der Waals surface area contributed by atoms with Crippen molar-refractivity contribution in [1.29, 1.82) is 0 Å². The van der Waals surface area contributed by atoms with Gasteiger partial charge >= 0.3 is 6.18 Å². The van der Waals surface area contributed by atoms with Gasteiger partial charge in [-0.25, -0.2) is 13.5 Å². The van der Waals surface area contributed by atoms with E-state index in [-0.39, 0.29) is 16.9 Å². The van der Waals surface area contributed by atoms with E-state index in [1.807, 2.05) is 0 Å². The molecule has 0 atom stereocenters. The Kier molecular flexibility index (Phi) is 4.45. The van der Waals surface area contributed by atoms with E-state index < -0.39 is 29.3 Å². The number of carbonyl (C=O) groups excluding carboxylic acids is 1. The Morgan fingerprint density at radius 2 is 1.81 bits per heavy atom. The van der Waals surface area contributed by atoms with E-state index in [0.29, 0.717) is 6.07 Å². The minimum absolute atomic E-state index is 0.180. The molecule has 0 fully saturated rings. The molecular formula is C17H10F5N3O. The first-order valence-corrected chi connectivity index (χ1v) is 7.23. The van der Waals surface area contributed by atoms with E-state index in [2.05, 4.69) is 10.4 Å². The van der Waals surface area contributed by atoms with Crippen LogP contribution in [0.3, 0.4) is 0 Å². The van der Waals surface area contributed by atoms with Crippen LogP contribution in [0.25, 0.3) is 5.69 Å². The minimum atomic E-state index is -4.62. The van der Waals surface area contributed by atoms with Gasteiger partial charge in [0, 0.05) is 18.0 Å². The van der Waals surface area contributed by atoms with Gasteiger partial charge < -0.3 is 5.32 Å². The van der Waals surface area contributed by atoms with Crippen molar-refractivity contribution < 1.29 is 26.7 Å². The van der Waals surface area contributed by atoms with Crippen molar-refractivity contribution in [3.8, 4) is 5.69 Å². The highest BCUT2D eigenvalue weighted by Crippen LogP contribution is 2.33. The Bertz CT molecular complexity index is 952. The first-order valence-electron chi connectivity index (χ1n) is 7.23. The molecule has 1 N–H and O–H groups in total. The van der Waals surface area contributed by atoms with Gasteiger partial charge in [0.25, 0.3) is 5.91 Å². The largest absolute Gasteiger partial charge is 0.416 e. The summed E-state index contributed by atoms with van der Waals surface area (Å²) in [5, 5.41) is 6.20. The maximum absolute atomic E-state index is 13.3. The Morgan fingerprint density at radius 3 is 2.42 bits per heavy atom. The van der Waals surface area contributed by atoms with E-state index in [1.165, 1.54) is 17.1 Å². The van der Waals surface area contributed by atoms with Crippen LogP contribution < -0.4 is 5.32 Å². The van der Waals surface area contributed by atoms with Gasteiger partial charge in [-0.15, -0.1) is 0 Å². The molecule has 4 nitrogen and oxygen atoms in total. The Balaban J connectivity index is 2.01. The summed E-state index contributed by atoms with van der Waals surface area (Å²) in [6.45, 7) is 0. The monoisotopic (exact) mass is 367 g/mol. The van der Waals surface area contributed by atoms with Gasteiger partial charge in [-0.05, 0) is 42.5 Å². The zero-order chi connectivity index (χ0) is 18.9. The molecular weight excluding hydrogens is 357 g/mol. The predicted octanol–water partition coefficient (Wildman–Crippen LogP) is 4.42. The molecule has 1 amide bonds. The second-order valence-corrected chi connectivity index (χ2v) is 5.26. The zero-order valence-electron chi connectivity index (χ0n) is 12.9. The number of hydrogen-bond donors (Lipinski definition) is 1. The fraction of sp³-hybridized carbons (Fsp3) is 0.0588. The van der Waals surface area contributed by atoms with Crippen molar-refractivity contribution >= 4 is 11.6 Å². The molecule has 0 spiro atoms. The van der Waals surface area contributed by atoms with Crippen molar-refractivity contribution in [3.63, 3.8) is 0 Å². The van der Waals surface area contributed by atoms with Crippen molar-refractivity contribution in [3.05, 3.63) is 77.6 Å². The average molecular weight is 367 g/mol. The van der Waals surface area contributed by atoms with E-state index in [4.69, 9.17) is 0 Å². The summed E-state index contributed by atoms with van der Waals surface area (Å²) in [6, 6.07) is 6.74. The van der Waals surface area contributed by atoms with Crippen molar-refractivity contribution in [2.45, 2.75) is 6.18 Å². The lowest BCUT2D eigenvalue weighted by Crippen LogP contribution is -2.16. The summed E-state index contributed by atoms with van der Waals surface area (Å²) in [7, 11) is 0. The van der Waals surface area contributed by atoms with Gasteiger partial charge in [-0.1, -0.05) is 0 Å². The predicted molar refractivity (Wildman–Crippen MR) is 82.9 cm³/mol. The molecule has 0 bridgehead atoms. The Hall–Kier alpha value is -3.23. The molecule has 9 heteroatoms. The number of hydrogen-bond acceptors (Lipinski definition) is 2. The van der Waals surface area contributed by atoms with E-state index >= 15 is 0 Å². The molecule has 3 aromatic rings. The van der Waals surface area contributed by atoms with Crippen LogP contribution in [0.2, 0.25) is 0 Å². The third-order valence-corrected chi connectivity index (χ3v) is 3.51. The van der Waals surface area contributed by atoms with E-state index in [0.717, 1.165) is 30.3 Å². The third kappa shape index (κ3) is 3.56. The van der Waals surface area contributed by atoms with Crippen LogP contribution in [-0.4, -0.2) is 15.7 Å². The van der Waals surface area contributed by atoms with Crippen LogP contribution in [0.1, 0.15) is 15.9 Å². The first-order chi connectivity index (χ1) is 12.3. The second-order valence-electron chi connectivity index (χ2n) is 5.26. The molecule has 2 aromatic carbocycles. The van der Waals surface area contributed by atoms with Crippen LogP contribution in [0.15, 0.2) is 54.9 Å². The van der Waals surface area contributed by atoms with Crippen molar-refractivity contribution in [2.24, 2.45) is 0 Å². The number of carbonyl (C=O) groups is 1. The van der Waals surface area contributed by atoms with E-state index in [9.17, 15) is 26.7 Å². The molecule has 1 heterocycles. The molecule has 0 saturated carbocycles. The van der Waals surface area contributed by atoms with Gasteiger partial charge in [-0.2, -0.15) is 18.3 Å². The second kappa shape index (κ2) is 6.58. The molecule has 26 heavy (non-hydrogen) atoms. The lowest BCUT2D eigenvalue weighted by atomic mass is 10.1. The number of nitrogens with one attached hydrogen (secondary N) is 1. The summed E-state index contributed by atoms with van der Waals surface area (Å²) >= 11 is 0. The molecule has 1 aromatic heterocycles. The summed E-state index contributed by atoms with van der Waals surface area (Å²) in [4.78, 5) is 12.2. The maximum Gasteiger partial charge on any atom is 0.416 e. The third-order valence-electron chi connectivity index (χ3n) is 3.51. The number of halogens is 5. The molecule has 0 radical (unpaired) electrons. The fourth-order valence-electron chi connectivity index (χ4n) is 2.26. The highest BCUT2D eigenvalue weighted by molar-refractivity contribution is 6.05. The van der Waals surface area contributed by atoms with Gasteiger partial charge in [-0.3, -0.25) is 4.79 Å². The van der Waals surface area contributed by atoms with Gasteiger partial charge in [0.05, 0.1) is 16.9 Å². The minimum Gasteiger partial charge on any atom is -0.320 e. The molecule has 0 unspecified atom stereocenters. The number of aromatic nitrogens is 2. The van der Waals surface area contributed by atoms with Crippen molar-refractivity contribution in [1.82, 2.24) is 9.78 Å². The summed E-state index contributed by atoms with van der Waals surface area (Å²) in [6.07, 6.45) is -1.72. The summed E-state index contributed by atoms with van der Waals surface area (Å²) in [5.74, 6) is -3.27. The molecule has 0 aliphatic carbocycles. The van der Waals surface area contributed by atoms with Gasteiger partial charge in [0.15, 0.2) is 11.6 Å². The van der Waals surface area contributed by atoms with Crippen LogP contribution in [-0.2, 0) is 6.18 Å². The lowest BCUT2D eigenvalue weighted by Gasteiger charge is -2.15. The van der Waals surface area contributed by atoms with Crippen LogP contribution in [0.5, 0.6) is 0 Å². The number of anilines is 1. The number of alkyl halides is 3. The normalized spacial score (nSPS) is 11.4. The molecule has 134 valence electrons. The number of nitrogens with zero attached hydrogens (tertiary/aromatic N) is 2. The van der Waals surface area contributed by atoms with Crippen LogP contribution in [0, 0.1) is 11.6 Å². The SMILES string of the molecule is O=C(Nc1cc(C(F)(F)F)ccc1-n1cccn1)c1ccc(F)c(F)c1. The zero-order valence-corrected chi connectivity index (χ0v) is 12.9. The van der Waals surface area contributed by atoms with E-state index in [1.54, 1.807) is 6.07 Å². The molecule has 3 rings (SSSR count). The van der Waals surface area contributed by atoms with Gasteiger partial charge in [0.1, 0.15) is 0 Å². The van der Waals surface area contributed by atoms with Crippen LogP contribution in [0.4, 0.5) is 27.6 Å². The smallest absolute Gasteiger partial charge is 0.320 e. The highest BCUT2D eigenvalue weighted by atomic mass is 19.4. The standard InChI is InChI=1S/C17H10F5N3O/c18-12-4-2-10(8-13(12)19)16(26)24-14-9-11(17(20,21)22)3-5-15(14)25-7-1-6-23-25/h1-9H,(H,24,26). The van der Waals surface area contributed by atoms with Gasteiger partial charge in [0.2, 0.25) is 0 Å². The first kappa shape index (κ1) is 17.6. The number of amides is 1. The summed E-state index contributed by atoms with van der Waals surface area (Å²) < 4.78 is 66.4. The number of rotatable bonds is 3. The Labute approximate surface area is 143 Å². The Morgan fingerprint density at radius 1 is 1.04 bits per heavy atom. The number of benzene rings is 2. The highest BCUT2D eigenvalue weighted by Gasteiger charge is 2.31. The fourth-order valence-corrected chi connectivity index (χ4v) is 2.26. The van der Waals surface area contributed by atoms with Crippen LogP contribution >= 0.6 is 0 Å².